The van der Waals surface area contributed by atoms with Crippen molar-refractivity contribution in [3.05, 3.63) is 29.8 Å². The number of aryl methyl sites for hydroxylation is 1. The highest BCUT2D eigenvalue weighted by Crippen LogP contribution is 2.11. The second-order valence-electron chi connectivity index (χ2n) is 3.77. The third-order valence-corrected chi connectivity index (χ3v) is 2.48. The molecule has 1 rings (SSSR count). The number of hydrogen-bond acceptors (Lipinski definition) is 2. The molecule has 1 aromatic rings. The molecule has 0 aliphatic rings. The van der Waals surface area contributed by atoms with Crippen molar-refractivity contribution in [3.63, 3.8) is 0 Å². The highest BCUT2D eigenvalue weighted by Gasteiger charge is 2.01. The summed E-state index contributed by atoms with van der Waals surface area (Å²) in [4.78, 5) is 22.2. The first kappa shape index (κ1) is 13.2. The number of carbonyl (C=O) groups is 2. The summed E-state index contributed by atoms with van der Waals surface area (Å²) in [5.41, 5.74) is 1.88. The fourth-order valence-corrected chi connectivity index (χ4v) is 1.39. The highest BCUT2D eigenvalue weighted by atomic mass is 16.2. The first-order valence-electron chi connectivity index (χ1n) is 5.75. The van der Waals surface area contributed by atoms with Crippen molar-refractivity contribution >= 4 is 17.5 Å². The molecular weight excluding hydrogens is 216 g/mol. The standard InChI is InChI=1S/C13H18N2O2/c1-3-12(16)15-11-7-4-10(5-8-11)6-9-13(17)14-2/h4-5,7-8H,3,6,9H2,1-2H3,(H,14,17)(H,15,16). The summed E-state index contributed by atoms with van der Waals surface area (Å²) in [6, 6.07) is 7.56. The van der Waals surface area contributed by atoms with E-state index < -0.39 is 0 Å². The fraction of sp³-hybridized carbons (Fsp3) is 0.385. The van der Waals surface area contributed by atoms with Crippen LogP contribution >= 0.6 is 0 Å². The first-order valence-corrected chi connectivity index (χ1v) is 5.75. The number of anilines is 1. The molecule has 0 aliphatic carbocycles. The minimum absolute atomic E-state index is 0.00288. The third kappa shape index (κ3) is 4.68. The lowest BCUT2D eigenvalue weighted by Gasteiger charge is -2.05. The molecule has 0 spiro atoms. The number of carbonyl (C=O) groups excluding carboxylic acids is 2. The van der Waals surface area contributed by atoms with E-state index >= 15 is 0 Å². The van der Waals surface area contributed by atoms with Crippen molar-refractivity contribution in [1.82, 2.24) is 5.32 Å². The predicted molar refractivity (Wildman–Crippen MR) is 67.8 cm³/mol. The number of hydrogen-bond donors (Lipinski definition) is 2. The van der Waals surface area contributed by atoms with Gasteiger partial charge in [-0.15, -0.1) is 0 Å². The fourth-order valence-electron chi connectivity index (χ4n) is 1.39. The number of nitrogens with one attached hydrogen (secondary N) is 2. The maximum Gasteiger partial charge on any atom is 0.224 e. The Labute approximate surface area is 101 Å². The van der Waals surface area contributed by atoms with Gasteiger partial charge in [-0.25, -0.2) is 0 Å². The van der Waals surface area contributed by atoms with Gasteiger partial charge in [-0.3, -0.25) is 9.59 Å². The number of rotatable bonds is 5. The van der Waals surface area contributed by atoms with Crippen LogP contribution < -0.4 is 10.6 Å². The topological polar surface area (TPSA) is 58.2 Å². The van der Waals surface area contributed by atoms with E-state index in [0.29, 0.717) is 19.3 Å². The Kier molecular flexibility index (Phi) is 5.20. The lowest BCUT2D eigenvalue weighted by Crippen LogP contribution is -2.17. The summed E-state index contributed by atoms with van der Waals surface area (Å²) in [7, 11) is 1.63. The summed E-state index contributed by atoms with van der Waals surface area (Å²) in [6.45, 7) is 1.81. The largest absolute Gasteiger partial charge is 0.359 e. The highest BCUT2D eigenvalue weighted by molar-refractivity contribution is 5.90. The van der Waals surface area contributed by atoms with Crippen LogP contribution in [0.25, 0.3) is 0 Å². The minimum atomic E-state index is 0.00288. The molecule has 0 saturated carbocycles. The summed E-state index contributed by atoms with van der Waals surface area (Å²) in [5.74, 6) is 0.0384. The van der Waals surface area contributed by atoms with Gasteiger partial charge < -0.3 is 10.6 Å². The molecule has 0 aliphatic heterocycles. The number of benzene rings is 1. The molecule has 4 nitrogen and oxygen atoms in total. The van der Waals surface area contributed by atoms with Crippen LogP contribution in [0.2, 0.25) is 0 Å². The van der Waals surface area contributed by atoms with Crippen LogP contribution in [0, 0.1) is 0 Å². The van der Waals surface area contributed by atoms with Gasteiger partial charge in [-0.1, -0.05) is 19.1 Å². The Morgan fingerprint density at radius 1 is 1.12 bits per heavy atom. The lowest BCUT2D eigenvalue weighted by molar-refractivity contribution is -0.120. The van der Waals surface area contributed by atoms with E-state index in [1.54, 1.807) is 7.05 Å². The van der Waals surface area contributed by atoms with E-state index in [0.717, 1.165) is 11.3 Å². The van der Waals surface area contributed by atoms with E-state index in [2.05, 4.69) is 10.6 Å². The maximum atomic E-state index is 11.2. The monoisotopic (exact) mass is 234 g/mol. The Balaban J connectivity index is 2.50. The molecule has 0 heterocycles. The Morgan fingerprint density at radius 2 is 1.76 bits per heavy atom. The van der Waals surface area contributed by atoms with Gasteiger partial charge in [-0.05, 0) is 24.1 Å². The van der Waals surface area contributed by atoms with Crippen LogP contribution in [0.3, 0.4) is 0 Å². The maximum absolute atomic E-state index is 11.2. The molecule has 0 saturated heterocycles. The molecule has 0 fully saturated rings. The van der Waals surface area contributed by atoms with Crippen molar-refractivity contribution in [3.8, 4) is 0 Å². The van der Waals surface area contributed by atoms with Gasteiger partial charge in [0.1, 0.15) is 0 Å². The smallest absolute Gasteiger partial charge is 0.224 e. The summed E-state index contributed by atoms with van der Waals surface area (Å²) < 4.78 is 0. The molecule has 4 heteroatoms. The predicted octanol–water partition coefficient (Wildman–Crippen LogP) is 1.71. The lowest BCUT2D eigenvalue weighted by atomic mass is 10.1. The zero-order valence-electron chi connectivity index (χ0n) is 10.2. The molecule has 0 aromatic heterocycles. The Hall–Kier alpha value is -1.84. The molecule has 0 bridgehead atoms. The average Bonchev–Trinajstić information content (AvgIpc) is 2.37. The zero-order chi connectivity index (χ0) is 12.7. The van der Waals surface area contributed by atoms with Crippen molar-refractivity contribution in [2.45, 2.75) is 26.2 Å². The third-order valence-electron chi connectivity index (χ3n) is 2.48. The molecule has 92 valence electrons. The van der Waals surface area contributed by atoms with Gasteiger partial charge in [0.25, 0.3) is 0 Å². The van der Waals surface area contributed by atoms with Crippen LogP contribution in [0.1, 0.15) is 25.3 Å². The van der Waals surface area contributed by atoms with Gasteiger partial charge in [0.15, 0.2) is 0 Å². The number of amides is 2. The van der Waals surface area contributed by atoms with Crippen molar-refractivity contribution in [1.29, 1.82) is 0 Å². The normalized spacial score (nSPS) is 9.76. The van der Waals surface area contributed by atoms with Gasteiger partial charge >= 0.3 is 0 Å². The molecule has 2 N–H and O–H groups in total. The quantitative estimate of drug-likeness (QED) is 0.815. The molecule has 17 heavy (non-hydrogen) atoms. The van der Waals surface area contributed by atoms with E-state index in [1.807, 2.05) is 31.2 Å². The zero-order valence-corrected chi connectivity index (χ0v) is 10.2. The second kappa shape index (κ2) is 6.68. The van der Waals surface area contributed by atoms with E-state index in [9.17, 15) is 9.59 Å². The van der Waals surface area contributed by atoms with Crippen LogP contribution in [-0.4, -0.2) is 18.9 Å². The van der Waals surface area contributed by atoms with E-state index in [-0.39, 0.29) is 11.8 Å². The molecule has 2 amide bonds. The first-order chi connectivity index (χ1) is 8.15. The van der Waals surface area contributed by atoms with Crippen LogP contribution in [0.4, 0.5) is 5.69 Å². The summed E-state index contributed by atoms with van der Waals surface area (Å²) in [5, 5.41) is 5.36. The van der Waals surface area contributed by atoms with Crippen LogP contribution in [0.5, 0.6) is 0 Å². The second-order valence-corrected chi connectivity index (χ2v) is 3.77. The SMILES string of the molecule is CCC(=O)Nc1ccc(CCC(=O)NC)cc1. The molecule has 0 unspecified atom stereocenters. The van der Waals surface area contributed by atoms with Gasteiger partial charge in [0.2, 0.25) is 11.8 Å². The Morgan fingerprint density at radius 3 is 2.29 bits per heavy atom. The minimum Gasteiger partial charge on any atom is -0.359 e. The van der Waals surface area contributed by atoms with Gasteiger partial charge in [0.05, 0.1) is 0 Å². The summed E-state index contributed by atoms with van der Waals surface area (Å²) in [6.07, 6.45) is 1.66. The van der Waals surface area contributed by atoms with Gasteiger partial charge in [0, 0.05) is 25.6 Å². The molecule has 0 radical (unpaired) electrons. The van der Waals surface area contributed by atoms with E-state index in [1.165, 1.54) is 0 Å². The molecule has 1 aromatic carbocycles. The van der Waals surface area contributed by atoms with Crippen molar-refractivity contribution in [2.24, 2.45) is 0 Å². The summed E-state index contributed by atoms with van der Waals surface area (Å²) >= 11 is 0. The Bertz CT molecular complexity index is 385. The molecule has 0 atom stereocenters. The van der Waals surface area contributed by atoms with Gasteiger partial charge in [-0.2, -0.15) is 0 Å². The van der Waals surface area contributed by atoms with Crippen LogP contribution in [-0.2, 0) is 16.0 Å². The van der Waals surface area contributed by atoms with Crippen molar-refractivity contribution in [2.75, 3.05) is 12.4 Å². The average molecular weight is 234 g/mol. The van der Waals surface area contributed by atoms with Crippen LogP contribution in [0.15, 0.2) is 24.3 Å². The van der Waals surface area contributed by atoms with Crippen molar-refractivity contribution < 1.29 is 9.59 Å². The van der Waals surface area contributed by atoms with E-state index in [4.69, 9.17) is 0 Å². The molecular formula is C13H18N2O2.